The predicted molar refractivity (Wildman–Crippen MR) is 165 cm³/mol. The molecule has 45 heavy (non-hydrogen) atoms. The maximum Gasteiger partial charge on any atom is 0.524 e. The number of unbranched alkanes of at least 4 members (excludes halogenated alkanes) is 1. The van der Waals surface area contributed by atoms with E-state index in [-0.39, 0.29) is 36.0 Å². The third-order valence-electron chi connectivity index (χ3n) is 6.60. The van der Waals surface area contributed by atoms with Crippen LogP contribution < -0.4 is 20.1 Å². The Morgan fingerprint density at radius 1 is 1.04 bits per heavy atom. The van der Waals surface area contributed by atoms with Gasteiger partial charge in [0, 0.05) is 23.9 Å². The Kier molecular flexibility index (Phi) is 10.9. The lowest BCUT2D eigenvalue weighted by Gasteiger charge is -2.17. The number of nitrogens with two attached hydrogens (primary N) is 1. The van der Waals surface area contributed by atoms with Gasteiger partial charge in [0.15, 0.2) is 5.82 Å². The average molecular weight is 662 g/mol. The molecule has 4 rings (SSSR count). The molecule has 0 atom stereocenters. The summed E-state index contributed by atoms with van der Waals surface area (Å²) in [5.74, 6) is 1.81. The van der Waals surface area contributed by atoms with Gasteiger partial charge in [-0.05, 0) is 48.6 Å². The molecular weight excluding hydrogens is 628 g/mol. The topological polar surface area (TPSA) is 229 Å². The molecule has 0 aliphatic carbocycles. The zero-order valence-electron chi connectivity index (χ0n) is 24.3. The zero-order valence-corrected chi connectivity index (χ0v) is 26.0. The van der Waals surface area contributed by atoms with E-state index in [1.807, 2.05) is 35.6 Å². The monoisotopic (exact) mass is 661 g/mol. The van der Waals surface area contributed by atoms with Gasteiger partial charge in [0.05, 0.1) is 30.8 Å². The highest BCUT2D eigenvalue weighted by molar-refractivity contribution is 7.47. The number of aromatic nitrogens is 3. The van der Waals surface area contributed by atoms with Gasteiger partial charge in [-0.2, -0.15) is 0 Å². The second-order valence-corrected chi connectivity index (χ2v) is 12.3. The van der Waals surface area contributed by atoms with Crippen molar-refractivity contribution in [3.63, 3.8) is 0 Å². The van der Waals surface area contributed by atoms with Crippen molar-refractivity contribution < 1.29 is 47.3 Å². The van der Waals surface area contributed by atoms with E-state index in [9.17, 15) is 33.5 Å². The normalized spacial score (nSPS) is 11.9. The zero-order chi connectivity index (χ0) is 32.8. The molecule has 0 bridgehead atoms. The summed E-state index contributed by atoms with van der Waals surface area (Å²) in [6, 6.07) is 9.18. The molecule has 240 valence electrons. The third-order valence-corrected chi connectivity index (χ3v) is 7.48. The quantitative estimate of drug-likeness (QED) is 0.0613. The first-order valence-corrected chi connectivity index (χ1v) is 16.9. The van der Waals surface area contributed by atoms with Crippen LogP contribution in [0.5, 0.6) is 11.5 Å². The van der Waals surface area contributed by atoms with Crippen LogP contribution in [0.2, 0.25) is 0 Å². The van der Waals surface area contributed by atoms with Crippen LogP contribution in [-0.4, -0.2) is 59.8 Å². The number of terminal acetylenes is 1. The minimum absolute atomic E-state index is 0.0619. The number of pyridine rings is 1. The Labute approximate surface area is 258 Å². The van der Waals surface area contributed by atoms with E-state index in [2.05, 4.69) is 10.3 Å². The number of carbonyl (C=O) groups is 1. The van der Waals surface area contributed by atoms with Gasteiger partial charge in [-0.1, -0.05) is 25.5 Å². The smallest absolute Gasteiger partial charge is 0.404 e. The van der Waals surface area contributed by atoms with Gasteiger partial charge in [-0.3, -0.25) is 24.4 Å². The predicted octanol–water partition coefficient (Wildman–Crippen LogP) is 2.81. The Morgan fingerprint density at radius 2 is 1.80 bits per heavy atom. The minimum atomic E-state index is -5.00. The number of benzene rings is 2. The molecule has 0 aliphatic rings. The molecule has 0 spiro atoms. The number of aryl methyl sites for hydroxylation is 1. The maximum atomic E-state index is 11.7. The van der Waals surface area contributed by atoms with E-state index in [1.54, 1.807) is 0 Å². The highest BCUT2D eigenvalue weighted by Gasteiger charge is 2.24. The Bertz CT molecular complexity index is 1840. The molecule has 7 N–H and O–H groups in total. The second kappa shape index (κ2) is 14.4. The molecule has 2 aromatic carbocycles. The van der Waals surface area contributed by atoms with Crippen molar-refractivity contribution in [2.75, 3.05) is 25.5 Å². The molecule has 0 saturated heterocycles. The molecule has 0 radical (unpaired) electrons. The standard InChI is InChI=1S/C28H33N5O10P2/c1-3-5-6-24-32-26-27(33(24)17-19-16-20(42-44(35,36)37)8-10-23(19)43-45(38,39)40)21-9-7-18(15-22(21)31-28(26)29)11-13-41-14-12-30-25(34)4-2/h2,7-10,15-16H,3,5-6,11-14,17H2,1H3,(H2,29,31)(H,30,34)(H2,35,36,37)(H2,38,39,40). The third kappa shape index (κ3) is 9.26. The number of ether oxygens (including phenoxy) is 1. The fraction of sp³-hybridized carbons (Fsp3) is 0.321. The summed E-state index contributed by atoms with van der Waals surface area (Å²) in [6.07, 6.45) is 7.74. The summed E-state index contributed by atoms with van der Waals surface area (Å²) >= 11 is 0. The maximum absolute atomic E-state index is 11.7. The number of carbonyl (C=O) groups excluding carboxylic acids is 1. The largest absolute Gasteiger partial charge is 0.524 e. The van der Waals surface area contributed by atoms with Crippen molar-refractivity contribution >= 4 is 49.3 Å². The van der Waals surface area contributed by atoms with Crippen LogP contribution in [0, 0.1) is 12.3 Å². The van der Waals surface area contributed by atoms with Gasteiger partial charge in [0.1, 0.15) is 22.8 Å². The average Bonchev–Trinajstić information content (AvgIpc) is 3.32. The number of nitrogens with one attached hydrogen (secondary N) is 1. The van der Waals surface area contributed by atoms with Gasteiger partial charge in [-0.25, -0.2) is 19.1 Å². The summed E-state index contributed by atoms with van der Waals surface area (Å²) in [5.41, 5.74) is 9.07. The van der Waals surface area contributed by atoms with E-state index in [4.69, 9.17) is 30.9 Å². The second-order valence-electron chi connectivity index (χ2n) is 9.96. The summed E-state index contributed by atoms with van der Waals surface area (Å²) in [5, 5.41) is 3.23. The van der Waals surface area contributed by atoms with Gasteiger partial charge in [0.25, 0.3) is 5.91 Å². The number of imidazole rings is 1. The summed E-state index contributed by atoms with van der Waals surface area (Å²) in [4.78, 5) is 58.1. The van der Waals surface area contributed by atoms with E-state index in [1.165, 1.54) is 6.07 Å². The lowest BCUT2D eigenvalue weighted by atomic mass is 10.1. The van der Waals surface area contributed by atoms with Crippen molar-refractivity contribution in [2.45, 2.75) is 39.2 Å². The van der Waals surface area contributed by atoms with Crippen molar-refractivity contribution in [1.82, 2.24) is 19.9 Å². The molecule has 4 aromatic rings. The summed E-state index contributed by atoms with van der Waals surface area (Å²) in [7, 11) is -9.93. The van der Waals surface area contributed by atoms with Crippen molar-refractivity contribution in [1.29, 1.82) is 0 Å². The van der Waals surface area contributed by atoms with E-state index < -0.39 is 21.6 Å². The van der Waals surface area contributed by atoms with Crippen LogP contribution >= 0.6 is 15.6 Å². The van der Waals surface area contributed by atoms with Crippen LogP contribution in [0.4, 0.5) is 5.82 Å². The molecule has 0 aliphatic heterocycles. The molecule has 0 saturated carbocycles. The molecule has 0 fully saturated rings. The van der Waals surface area contributed by atoms with Crippen LogP contribution in [0.1, 0.15) is 36.7 Å². The highest BCUT2D eigenvalue weighted by atomic mass is 31.2. The van der Waals surface area contributed by atoms with E-state index in [0.29, 0.717) is 53.8 Å². The number of nitrogens with zero attached hydrogens (tertiary/aromatic N) is 3. The van der Waals surface area contributed by atoms with Gasteiger partial charge in [0.2, 0.25) is 0 Å². The van der Waals surface area contributed by atoms with Gasteiger partial charge < -0.3 is 29.4 Å². The number of phosphoric ester groups is 2. The van der Waals surface area contributed by atoms with Gasteiger partial charge >= 0.3 is 15.6 Å². The molecule has 1 amide bonds. The Hall–Kier alpha value is -3.99. The van der Waals surface area contributed by atoms with Crippen LogP contribution in [0.15, 0.2) is 36.4 Å². The number of anilines is 1. The molecule has 0 unspecified atom stereocenters. The van der Waals surface area contributed by atoms with E-state index >= 15 is 0 Å². The molecular formula is C28H33N5O10P2. The number of amides is 1. The first-order chi connectivity index (χ1) is 21.3. The van der Waals surface area contributed by atoms with Crippen LogP contribution in [-0.2, 0) is 38.0 Å². The lowest BCUT2D eigenvalue weighted by molar-refractivity contribution is -0.115. The number of phosphoric acid groups is 2. The number of nitrogen functional groups attached to an aromatic ring is 1. The first-order valence-electron chi connectivity index (χ1n) is 13.8. The summed E-state index contributed by atoms with van der Waals surface area (Å²) < 4.78 is 40.3. The SMILES string of the molecule is C#CC(=O)NCCOCCc1ccc2c(c1)nc(N)c1nc(CCCC)n(Cc3cc(OP(=O)(O)O)ccc3OP(=O)(O)O)c12. The lowest BCUT2D eigenvalue weighted by Crippen LogP contribution is -2.25. The van der Waals surface area contributed by atoms with E-state index in [0.717, 1.165) is 30.5 Å². The first kappa shape index (κ1) is 33.9. The fourth-order valence-electron chi connectivity index (χ4n) is 4.70. The molecule has 15 nitrogen and oxygen atoms in total. The Balaban J connectivity index is 1.74. The van der Waals surface area contributed by atoms with Crippen molar-refractivity contribution in [3.8, 4) is 23.8 Å². The number of rotatable bonds is 15. The molecule has 2 aromatic heterocycles. The summed E-state index contributed by atoms with van der Waals surface area (Å²) in [6.45, 7) is 2.92. The van der Waals surface area contributed by atoms with Crippen LogP contribution in [0.3, 0.4) is 0 Å². The number of hydrogen-bond donors (Lipinski definition) is 6. The van der Waals surface area contributed by atoms with Crippen LogP contribution in [0.25, 0.3) is 21.9 Å². The molecule has 17 heteroatoms. The minimum Gasteiger partial charge on any atom is -0.404 e. The molecule has 2 heterocycles. The highest BCUT2D eigenvalue weighted by Crippen LogP contribution is 2.43. The van der Waals surface area contributed by atoms with Crippen molar-refractivity contribution in [2.24, 2.45) is 0 Å². The number of fused-ring (bicyclic) bond motifs is 3. The number of hydrogen-bond acceptors (Lipinski definition) is 9. The van der Waals surface area contributed by atoms with Crippen molar-refractivity contribution in [3.05, 3.63) is 53.3 Å². The fourth-order valence-corrected chi connectivity index (χ4v) is 5.52. The van der Waals surface area contributed by atoms with Gasteiger partial charge in [-0.15, -0.1) is 6.42 Å². The Morgan fingerprint density at radius 3 is 2.49 bits per heavy atom.